The number of hydrogen-bond acceptors (Lipinski definition) is 3. The quantitative estimate of drug-likeness (QED) is 0.886. The second kappa shape index (κ2) is 6.80. The molecule has 1 aromatic carbocycles. The van der Waals surface area contributed by atoms with Gasteiger partial charge in [-0.15, -0.1) is 0 Å². The minimum absolute atomic E-state index is 0.584. The average molecular weight is 263 g/mol. The highest BCUT2D eigenvalue weighted by Gasteiger charge is 2.18. The summed E-state index contributed by atoms with van der Waals surface area (Å²) in [6.45, 7) is 3.28. The molecule has 0 spiro atoms. The van der Waals surface area contributed by atoms with Gasteiger partial charge in [-0.1, -0.05) is 19.4 Å². The van der Waals surface area contributed by atoms with Crippen LogP contribution in [0.3, 0.4) is 0 Å². The predicted octanol–water partition coefficient (Wildman–Crippen LogP) is 2.95. The lowest BCUT2D eigenvalue weighted by atomic mass is 9.95. The molecule has 1 aliphatic rings. The van der Waals surface area contributed by atoms with Gasteiger partial charge in [0.05, 0.1) is 14.2 Å². The Morgan fingerprint density at radius 1 is 1.21 bits per heavy atom. The van der Waals surface area contributed by atoms with Crippen LogP contribution in [0.1, 0.15) is 37.3 Å². The minimum Gasteiger partial charge on any atom is -0.496 e. The van der Waals surface area contributed by atoms with Gasteiger partial charge in [0, 0.05) is 11.6 Å². The molecule has 3 nitrogen and oxygen atoms in total. The van der Waals surface area contributed by atoms with Gasteiger partial charge in [-0.05, 0) is 43.9 Å². The summed E-state index contributed by atoms with van der Waals surface area (Å²) < 4.78 is 11.1. The Kier molecular flexibility index (Phi) is 5.08. The van der Waals surface area contributed by atoms with E-state index in [4.69, 9.17) is 9.47 Å². The first-order chi connectivity index (χ1) is 9.30. The maximum atomic E-state index is 5.64. The van der Waals surface area contributed by atoms with Crippen LogP contribution in [0.25, 0.3) is 0 Å². The topological polar surface area (TPSA) is 30.5 Å². The molecule has 0 saturated carbocycles. The van der Waals surface area contributed by atoms with Crippen molar-refractivity contribution < 1.29 is 9.47 Å². The lowest BCUT2D eigenvalue weighted by Gasteiger charge is -2.25. The Balaban J connectivity index is 2.23. The van der Waals surface area contributed by atoms with Crippen LogP contribution in [0.2, 0.25) is 0 Å². The fourth-order valence-corrected chi connectivity index (χ4v) is 2.96. The maximum Gasteiger partial charge on any atom is 0.128 e. The molecule has 1 fully saturated rings. The van der Waals surface area contributed by atoms with Gasteiger partial charge in [-0.2, -0.15) is 0 Å². The van der Waals surface area contributed by atoms with Gasteiger partial charge in [0.1, 0.15) is 11.5 Å². The van der Waals surface area contributed by atoms with E-state index in [0.29, 0.717) is 6.04 Å². The molecule has 3 heteroatoms. The van der Waals surface area contributed by atoms with Gasteiger partial charge in [-0.25, -0.2) is 0 Å². The van der Waals surface area contributed by atoms with E-state index in [1.165, 1.54) is 30.4 Å². The summed E-state index contributed by atoms with van der Waals surface area (Å²) in [5.74, 6) is 1.94. The SMILES string of the molecule is CCc1c(OC)ccc(CC2CCCCN2)c1OC. The van der Waals surface area contributed by atoms with Gasteiger partial charge in [0.25, 0.3) is 0 Å². The van der Waals surface area contributed by atoms with E-state index in [0.717, 1.165) is 30.9 Å². The van der Waals surface area contributed by atoms with Gasteiger partial charge in [0.15, 0.2) is 0 Å². The Labute approximate surface area is 116 Å². The second-order valence-corrected chi connectivity index (χ2v) is 5.14. The molecule has 1 aliphatic heterocycles. The maximum absolute atomic E-state index is 5.64. The number of piperidine rings is 1. The number of rotatable bonds is 5. The van der Waals surface area contributed by atoms with Crippen molar-refractivity contribution in [2.75, 3.05) is 20.8 Å². The van der Waals surface area contributed by atoms with Crippen molar-refractivity contribution in [2.24, 2.45) is 0 Å². The minimum atomic E-state index is 0.584. The summed E-state index contributed by atoms with van der Waals surface area (Å²) in [5.41, 5.74) is 2.47. The van der Waals surface area contributed by atoms with E-state index in [9.17, 15) is 0 Å². The van der Waals surface area contributed by atoms with E-state index in [-0.39, 0.29) is 0 Å². The van der Waals surface area contributed by atoms with Crippen LogP contribution in [0.15, 0.2) is 12.1 Å². The van der Waals surface area contributed by atoms with E-state index < -0.39 is 0 Å². The molecule has 1 unspecified atom stereocenters. The highest BCUT2D eigenvalue weighted by atomic mass is 16.5. The van der Waals surface area contributed by atoms with Gasteiger partial charge in [-0.3, -0.25) is 0 Å². The molecule has 1 aromatic rings. The summed E-state index contributed by atoms with van der Waals surface area (Å²) in [5, 5.41) is 3.60. The molecule has 0 aliphatic carbocycles. The molecule has 0 amide bonds. The first-order valence-corrected chi connectivity index (χ1v) is 7.26. The molecule has 0 aromatic heterocycles. The van der Waals surface area contributed by atoms with Crippen LogP contribution in [0.4, 0.5) is 0 Å². The van der Waals surface area contributed by atoms with Gasteiger partial charge < -0.3 is 14.8 Å². The van der Waals surface area contributed by atoms with Crippen LogP contribution >= 0.6 is 0 Å². The predicted molar refractivity (Wildman–Crippen MR) is 78.3 cm³/mol. The van der Waals surface area contributed by atoms with Gasteiger partial charge in [0.2, 0.25) is 0 Å². The second-order valence-electron chi connectivity index (χ2n) is 5.14. The third-order valence-corrected chi connectivity index (χ3v) is 3.96. The van der Waals surface area contributed by atoms with Crippen molar-refractivity contribution in [1.82, 2.24) is 5.32 Å². The Morgan fingerprint density at radius 2 is 2.05 bits per heavy atom. The fraction of sp³-hybridized carbons (Fsp3) is 0.625. The number of ether oxygens (including phenoxy) is 2. The third-order valence-electron chi connectivity index (χ3n) is 3.96. The Morgan fingerprint density at radius 3 is 2.63 bits per heavy atom. The lowest BCUT2D eigenvalue weighted by molar-refractivity contribution is 0.370. The Hall–Kier alpha value is -1.22. The van der Waals surface area contributed by atoms with E-state index in [2.05, 4.69) is 24.4 Å². The molecule has 106 valence electrons. The fourth-order valence-electron chi connectivity index (χ4n) is 2.96. The molecule has 0 bridgehead atoms. The molecule has 1 atom stereocenters. The summed E-state index contributed by atoms with van der Waals surface area (Å²) in [4.78, 5) is 0. The van der Waals surface area contributed by atoms with Gasteiger partial charge >= 0.3 is 0 Å². The highest BCUT2D eigenvalue weighted by Crippen LogP contribution is 2.33. The van der Waals surface area contributed by atoms with Crippen molar-refractivity contribution in [3.05, 3.63) is 23.3 Å². The zero-order valence-electron chi connectivity index (χ0n) is 12.3. The van der Waals surface area contributed by atoms with E-state index in [1.807, 2.05) is 0 Å². The summed E-state index contributed by atoms with van der Waals surface area (Å²) in [6.07, 6.45) is 5.86. The molecular formula is C16H25NO2. The largest absolute Gasteiger partial charge is 0.496 e. The van der Waals surface area contributed by atoms with Crippen molar-refractivity contribution in [3.63, 3.8) is 0 Å². The van der Waals surface area contributed by atoms with Crippen LogP contribution in [-0.4, -0.2) is 26.8 Å². The smallest absolute Gasteiger partial charge is 0.128 e. The van der Waals surface area contributed by atoms with Crippen molar-refractivity contribution in [2.45, 2.75) is 45.1 Å². The Bertz CT molecular complexity index is 411. The van der Waals surface area contributed by atoms with Crippen LogP contribution in [-0.2, 0) is 12.8 Å². The van der Waals surface area contributed by atoms with Crippen LogP contribution in [0.5, 0.6) is 11.5 Å². The lowest BCUT2D eigenvalue weighted by Crippen LogP contribution is -2.35. The highest BCUT2D eigenvalue weighted by molar-refractivity contribution is 5.50. The monoisotopic (exact) mass is 263 g/mol. The summed E-state index contributed by atoms with van der Waals surface area (Å²) in [7, 11) is 3.47. The summed E-state index contributed by atoms with van der Waals surface area (Å²) >= 11 is 0. The van der Waals surface area contributed by atoms with Crippen LogP contribution in [0, 0.1) is 0 Å². The number of methoxy groups -OCH3 is 2. The molecular weight excluding hydrogens is 238 g/mol. The normalized spacial score (nSPS) is 19.2. The van der Waals surface area contributed by atoms with Crippen LogP contribution < -0.4 is 14.8 Å². The average Bonchev–Trinajstić information content (AvgIpc) is 2.47. The number of hydrogen-bond donors (Lipinski definition) is 1. The standard InChI is InChI=1S/C16H25NO2/c1-4-14-15(18-2)9-8-12(16(14)19-3)11-13-7-5-6-10-17-13/h8-9,13,17H,4-7,10-11H2,1-3H3. The molecule has 1 saturated heterocycles. The summed E-state index contributed by atoms with van der Waals surface area (Å²) in [6, 6.07) is 4.80. The molecule has 1 heterocycles. The van der Waals surface area contributed by atoms with Crippen molar-refractivity contribution >= 4 is 0 Å². The van der Waals surface area contributed by atoms with Crippen molar-refractivity contribution in [3.8, 4) is 11.5 Å². The molecule has 2 rings (SSSR count). The van der Waals surface area contributed by atoms with E-state index >= 15 is 0 Å². The molecule has 0 radical (unpaired) electrons. The van der Waals surface area contributed by atoms with Crippen molar-refractivity contribution in [1.29, 1.82) is 0 Å². The molecule has 1 N–H and O–H groups in total. The zero-order valence-corrected chi connectivity index (χ0v) is 12.3. The number of benzene rings is 1. The number of nitrogens with one attached hydrogen (secondary N) is 1. The first kappa shape index (κ1) is 14.2. The first-order valence-electron chi connectivity index (χ1n) is 7.26. The zero-order chi connectivity index (χ0) is 13.7. The van der Waals surface area contributed by atoms with E-state index in [1.54, 1.807) is 14.2 Å². The third kappa shape index (κ3) is 3.21. The molecule has 19 heavy (non-hydrogen) atoms.